The van der Waals surface area contributed by atoms with Crippen LogP contribution in [0.3, 0.4) is 0 Å². The third-order valence-electron chi connectivity index (χ3n) is 6.65. The number of carbonyl (C=O) groups is 2. The average molecular weight is 438 g/mol. The number of amides is 1. The lowest BCUT2D eigenvalue weighted by Crippen LogP contribution is -2.82. The molecule has 2 fully saturated rings. The number of hydrogen-bond acceptors (Lipinski definition) is 7. The number of ketones is 1. The van der Waals surface area contributed by atoms with Crippen molar-refractivity contribution in [3.8, 4) is 0 Å². The number of benzene rings is 1. The first-order valence-corrected chi connectivity index (χ1v) is 13.0. The minimum atomic E-state index is -2.51. The summed E-state index contributed by atoms with van der Waals surface area (Å²) in [6.45, 7) is 9.84. The van der Waals surface area contributed by atoms with E-state index in [4.69, 9.17) is 9.26 Å². The molecule has 0 radical (unpaired) electrons. The van der Waals surface area contributed by atoms with E-state index in [1.807, 2.05) is 64.2 Å². The maximum atomic E-state index is 12.7. The predicted molar refractivity (Wildman–Crippen MR) is 111 cm³/mol. The Morgan fingerprint density at radius 2 is 1.70 bits per heavy atom. The molecule has 8 nitrogen and oxygen atoms in total. The number of hydrogen-bond donors (Lipinski definition) is 3. The second kappa shape index (κ2) is 7.81. The van der Waals surface area contributed by atoms with Gasteiger partial charge in [-0.1, -0.05) is 51.1 Å². The van der Waals surface area contributed by atoms with E-state index in [0.717, 1.165) is 10.6 Å². The van der Waals surface area contributed by atoms with Gasteiger partial charge in [-0.3, -0.25) is 14.4 Å². The number of hydroxylamine groups is 2. The number of β-lactam (4-membered cyclic amide) rings is 1. The van der Waals surface area contributed by atoms with E-state index in [9.17, 15) is 24.9 Å². The molecule has 1 heterocycles. The summed E-state index contributed by atoms with van der Waals surface area (Å²) in [6.07, 6.45) is -6.63. The second-order valence-electron chi connectivity index (χ2n) is 9.65. The van der Waals surface area contributed by atoms with Gasteiger partial charge in [-0.15, -0.1) is 0 Å². The summed E-state index contributed by atoms with van der Waals surface area (Å²) in [5, 5.41) is 33.0. The molecule has 5 atom stereocenters. The number of carbonyl (C=O) groups excluding carboxylic acids is 2. The molecule has 9 heteroatoms. The molecule has 0 unspecified atom stereocenters. The van der Waals surface area contributed by atoms with Crippen LogP contribution >= 0.6 is 0 Å². The highest BCUT2D eigenvalue weighted by Gasteiger charge is 2.70. The predicted octanol–water partition coefficient (Wildman–Crippen LogP) is 1.15. The van der Waals surface area contributed by atoms with Crippen LogP contribution < -0.4 is 0 Å². The first kappa shape index (κ1) is 23.0. The van der Waals surface area contributed by atoms with Gasteiger partial charge in [0.15, 0.2) is 14.1 Å². The highest BCUT2D eigenvalue weighted by molar-refractivity contribution is 6.74. The Kier molecular flexibility index (Phi) is 6.00. The Hall–Kier alpha value is -1.62. The molecular formula is C21H31NO7Si. The number of rotatable bonds is 5. The maximum Gasteiger partial charge on any atom is 0.249 e. The van der Waals surface area contributed by atoms with Crippen LogP contribution in [0.4, 0.5) is 0 Å². The SMILES string of the molecule is CC(C)(C)[Si](C)(C)O[C@@H]1C(=O)[C@@H](O)[C@@H](O)[C@]2(CC(=O)N2OCc2ccccc2)[C@@H]1O. The van der Waals surface area contributed by atoms with Crippen LogP contribution in [-0.4, -0.2) is 70.3 Å². The highest BCUT2D eigenvalue weighted by Crippen LogP contribution is 2.47. The van der Waals surface area contributed by atoms with E-state index in [0.29, 0.717) is 0 Å². The Morgan fingerprint density at radius 3 is 2.23 bits per heavy atom. The largest absolute Gasteiger partial charge is 0.404 e. The molecule has 2 aliphatic rings. The van der Waals surface area contributed by atoms with Crippen molar-refractivity contribution in [2.75, 3.05) is 0 Å². The maximum absolute atomic E-state index is 12.7. The minimum absolute atomic E-state index is 0.0333. The molecule has 1 aromatic rings. The molecule has 3 rings (SSSR count). The van der Waals surface area contributed by atoms with E-state index in [2.05, 4.69) is 0 Å². The molecule has 1 aliphatic carbocycles. The molecule has 1 spiro atoms. The van der Waals surface area contributed by atoms with Crippen molar-refractivity contribution in [2.24, 2.45) is 0 Å². The Labute approximate surface area is 177 Å². The molecule has 1 saturated carbocycles. The molecule has 0 bridgehead atoms. The third kappa shape index (κ3) is 3.63. The fraction of sp³-hybridized carbons (Fsp3) is 0.619. The lowest BCUT2D eigenvalue weighted by atomic mass is 9.67. The smallest absolute Gasteiger partial charge is 0.249 e. The minimum Gasteiger partial charge on any atom is -0.404 e. The highest BCUT2D eigenvalue weighted by atomic mass is 28.4. The number of nitrogens with zero attached hydrogens (tertiary/aromatic N) is 1. The monoisotopic (exact) mass is 437 g/mol. The lowest BCUT2D eigenvalue weighted by Gasteiger charge is -2.59. The second-order valence-corrected chi connectivity index (χ2v) is 14.4. The van der Waals surface area contributed by atoms with E-state index in [1.54, 1.807) is 0 Å². The van der Waals surface area contributed by atoms with Gasteiger partial charge in [-0.2, -0.15) is 0 Å². The van der Waals surface area contributed by atoms with Gasteiger partial charge < -0.3 is 19.7 Å². The first-order valence-electron chi connectivity index (χ1n) is 10.1. The van der Waals surface area contributed by atoms with Gasteiger partial charge in [0.05, 0.1) is 6.42 Å². The van der Waals surface area contributed by atoms with E-state index in [-0.39, 0.29) is 18.1 Å². The summed E-state index contributed by atoms with van der Waals surface area (Å²) in [5.74, 6) is -1.23. The molecule has 166 valence electrons. The summed E-state index contributed by atoms with van der Waals surface area (Å²) in [5.41, 5.74) is -0.857. The van der Waals surface area contributed by atoms with Crippen molar-refractivity contribution in [3.63, 3.8) is 0 Å². The number of aliphatic hydroxyl groups excluding tert-OH is 3. The summed E-state index contributed by atoms with van der Waals surface area (Å²) < 4.78 is 6.14. The van der Waals surface area contributed by atoms with Crippen molar-refractivity contribution >= 4 is 20.0 Å². The topological polar surface area (TPSA) is 117 Å². The van der Waals surface area contributed by atoms with Crippen molar-refractivity contribution in [2.45, 2.75) is 81.9 Å². The zero-order valence-corrected chi connectivity index (χ0v) is 19.0. The van der Waals surface area contributed by atoms with Gasteiger partial charge in [-0.05, 0) is 23.7 Å². The van der Waals surface area contributed by atoms with Gasteiger partial charge in [0, 0.05) is 0 Å². The standard InChI is InChI=1S/C21H31NO7Si/c1-20(2,3)30(4,5)29-17-15(24)16(25)18(26)21(19(17)27)11-14(23)22(21)28-12-13-9-7-6-8-10-13/h6-10,16-19,25-27H,11-12H2,1-5H3/t16-,17-,18-,19-,21-/m1/s1. The van der Waals surface area contributed by atoms with Crippen LogP contribution in [0.1, 0.15) is 32.8 Å². The van der Waals surface area contributed by atoms with Crippen LogP contribution in [0.2, 0.25) is 18.1 Å². The average Bonchev–Trinajstić information content (AvgIpc) is 2.67. The first-order chi connectivity index (χ1) is 13.8. The van der Waals surface area contributed by atoms with Crippen molar-refractivity contribution in [1.29, 1.82) is 0 Å². The van der Waals surface area contributed by atoms with Gasteiger partial charge >= 0.3 is 0 Å². The molecule has 1 aliphatic heterocycles. The molecule has 0 aromatic heterocycles. The zero-order chi connectivity index (χ0) is 22.5. The van der Waals surface area contributed by atoms with Crippen LogP contribution in [0.25, 0.3) is 0 Å². The van der Waals surface area contributed by atoms with E-state index in [1.165, 1.54) is 0 Å². The fourth-order valence-corrected chi connectivity index (χ4v) is 4.92. The zero-order valence-electron chi connectivity index (χ0n) is 18.0. The fourth-order valence-electron chi connectivity index (χ4n) is 3.69. The normalized spacial score (nSPS) is 32.5. The molecule has 1 aromatic carbocycles. The Balaban J connectivity index is 1.88. The van der Waals surface area contributed by atoms with Gasteiger partial charge in [0.25, 0.3) is 0 Å². The quantitative estimate of drug-likeness (QED) is 0.467. The van der Waals surface area contributed by atoms with E-state index >= 15 is 0 Å². The summed E-state index contributed by atoms with van der Waals surface area (Å²) in [7, 11) is -2.51. The van der Waals surface area contributed by atoms with Crippen LogP contribution in [-0.2, 0) is 25.5 Å². The van der Waals surface area contributed by atoms with Crippen LogP contribution in [0, 0.1) is 0 Å². The number of Topliss-reactive ketones (excluding diaryl/α,β-unsaturated/α-hetero) is 1. The summed E-state index contributed by atoms with van der Waals surface area (Å²) in [6, 6.07) is 9.11. The molecule has 1 amide bonds. The third-order valence-corrected chi connectivity index (χ3v) is 11.1. The number of aliphatic hydroxyl groups is 3. The molecule has 1 saturated heterocycles. The van der Waals surface area contributed by atoms with Gasteiger partial charge in [0.2, 0.25) is 5.91 Å². The van der Waals surface area contributed by atoms with Crippen molar-refractivity contribution < 1.29 is 34.2 Å². The van der Waals surface area contributed by atoms with Crippen molar-refractivity contribution in [3.05, 3.63) is 35.9 Å². The Bertz CT molecular complexity index is 809. The van der Waals surface area contributed by atoms with E-state index < -0.39 is 50.0 Å². The van der Waals surface area contributed by atoms with Gasteiger partial charge in [-0.25, -0.2) is 5.06 Å². The Morgan fingerprint density at radius 1 is 1.10 bits per heavy atom. The van der Waals surface area contributed by atoms with Crippen LogP contribution in [0.5, 0.6) is 0 Å². The van der Waals surface area contributed by atoms with Crippen LogP contribution in [0.15, 0.2) is 30.3 Å². The summed E-state index contributed by atoms with van der Waals surface area (Å²) >= 11 is 0. The lowest BCUT2D eigenvalue weighted by molar-refractivity contribution is -0.319. The van der Waals surface area contributed by atoms with Crippen molar-refractivity contribution in [1.82, 2.24) is 5.06 Å². The molecular weight excluding hydrogens is 406 g/mol. The molecule has 3 N–H and O–H groups in total. The van der Waals surface area contributed by atoms with Gasteiger partial charge in [0.1, 0.15) is 36.6 Å². The molecule has 30 heavy (non-hydrogen) atoms. The summed E-state index contributed by atoms with van der Waals surface area (Å²) in [4.78, 5) is 30.7.